The lowest BCUT2D eigenvalue weighted by molar-refractivity contribution is 0.0819. The zero-order valence-corrected chi connectivity index (χ0v) is 23.4. The van der Waals surface area contributed by atoms with E-state index >= 15 is 0 Å². The number of imidazole rings is 1. The van der Waals surface area contributed by atoms with E-state index in [4.69, 9.17) is 0 Å². The number of H-pyrrole nitrogens is 1. The average Bonchev–Trinajstić information content (AvgIpc) is 3.50. The van der Waals surface area contributed by atoms with Crippen LogP contribution in [0.15, 0.2) is 95.0 Å². The Kier molecular flexibility index (Phi) is 6.42. The van der Waals surface area contributed by atoms with Crippen LogP contribution in [-0.2, 0) is 16.4 Å². The minimum absolute atomic E-state index is 0.0144. The summed E-state index contributed by atoms with van der Waals surface area (Å²) in [5, 5.41) is 0.402. The number of pyridine rings is 1. The molecule has 41 heavy (non-hydrogen) atoms. The maximum atomic E-state index is 14.1. The Morgan fingerprint density at radius 2 is 1.68 bits per heavy atom. The quantitative estimate of drug-likeness (QED) is 0.282. The van der Waals surface area contributed by atoms with Gasteiger partial charge in [-0.2, -0.15) is 0 Å². The van der Waals surface area contributed by atoms with Gasteiger partial charge in [0.15, 0.2) is 0 Å². The van der Waals surface area contributed by atoms with Crippen molar-refractivity contribution >= 4 is 37.7 Å². The summed E-state index contributed by atoms with van der Waals surface area (Å²) in [4.78, 5) is 26.2. The largest absolute Gasteiger partial charge is 0.349 e. The molecule has 0 atom stereocenters. The highest BCUT2D eigenvalue weighted by Crippen LogP contribution is 2.35. The molecule has 0 aliphatic rings. The van der Waals surface area contributed by atoms with E-state index in [9.17, 15) is 17.6 Å². The first-order chi connectivity index (χ1) is 19.6. The van der Waals surface area contributed by atoms with Crippen LogP contribution >= 0.6 is 0 Å². The summed E-state index contributed by atoms with van der Waals surface area (Å²) in [6, 6.07) is 19.8. The van der Waals surface area contributed by atoms with Crippen molar-refractivity contribution in [2.24, 2.45) is 0 Å². The molecule has 1 N–H and O–H groups in total. The summed E-state index contributed by atoms with van der Waals surface area (Å²) in [6.45, 7) is 2.43. The lowest BCUT2D eigenvalue weighted by Crippen LogP contribution is -2.24. The van der Waals surface area contributed by atoms with Gasteiger partial charge in [0.25, 0.3) is 5.91 Å². The van der Waals surface area contributed by atoms with Crippen LogP contribution in [0.5, 0.6) is 0 Å². The van der Waals surface area contributed by atoms with Crippen LogP contribution in [0.4, 0.5) is 4.39 Å². The molecule has 3 heterocycles. The maximum Gasteiger partial charge on any atom is 0.271 e. The lowest BCUT2D eigenvalue weighted by atomic mass is 10.0. The molecule has 0 unspecified atom stereocenters. The first kappa shape index (κ1) is 26.4. The summed E-state index contributed by atoms with van der Waals surface area (Å²) < 4.78 is 43.6. The van der Waals surface area contributed by atoms with Crippen molar-refractivity contribution in [1.82, 2.24) is 24.4 Å². The summed E-state index contributed by atoms with van der Waals surface area (Å²) in [5.41, 5.74) is 4.64. The molecule has 8 nitrogen and oxygen atoms in total. The molecule has 6 aromatic rings. The number of aromatic nitrogens is 4. The number of hydrogen-bond donors (Lipinski definition) is 1. The maximum absolute atomic E-state index is 14.1. The molecule has 6 rings (SSSR count). The lowest BCUT2D eigenvalue weighted by Gasteiger charge is -2.12. The van der Waals surface area contributed by atoms with Gasteiger partial charge in [0.2, 0.25) is 9.84 Å². The van der Waals surface area contributed by atoms with Crippen molar-refractivity contribution < 1.29 is 17.6 Å². The van der Waals surface area contributed by atoms with Gasteiger partial charge in [-0.15, -0.1) is 0 Å². The van der Waals surface area contributed by atoms with Crippen LogP contribution in [0, 0.1) is 12.7 Å². The molecule has 3 aromatic carbocycles. The van der Waals surface area contributed by atoms with Crippen molar-refractivity contribution in [1.29, 1.82) is 0 Å². The number of carbonyl (C=O) groups excluding carboxylic acids is 1. The van der Waals surface area contributed by atoms with Gasteiger partial charge in [-0.3, -0.25) is 9.78 Å². The van der Waals surface area contributed by atoms with Crippen molar-refractivity contribution in [3.05, 3.63) is 108 Å². The van der Waals surface area contributed by atoms with E-state index < -0.39 is 15.7 Å². The number of hydrogen-bond acceptors (Lipinski definition) is 5. The van der Waals surface area contributed by atoms with Gasteiger partial charge in [-0.25, -0.2) is 17.8 Å². The molecule has 0 spiro atoms. The summed E-state index contributed by atoms with van der Waals surface area (Å²) >= 11 is 0. The number of halogens is 1. The third-order valence-corrected chi connectivity index (χ3v) is 8.99. The minimum Gasteiger partial charge on any atom is -0.349 e. The molecule has 0 radical (unpaired) electrons. The van der Waals surface area contributed by atoms with Crippen molar-refractivity contribution in [3.8, 4) is 11.1 Å². The van der Waals surface area contributed by atoms with Crippen LogP contribution in [0.3, 0.4) is 0 Å². The standard InChI is InChI=1S/C31H26FN5O3S/c1-19-34-27-17-33-15-14-28(27)37(19)18-20-4-11-24(12-5-20)41(39,40)30-25-13-8-22(21-6-9-23(32)10-7-21)16-26(25)35-29(30)31(38)36(2)3/h4-17,35H,18H2,1-3H3. The van der Waals surface area contributed by atoms with E-state index in [1.165, 1.54) is 17.0 Å². The molecule has 0 saturated carbocycles. The van der Waals surface area contributed by atoms with Crippen molar-refractivity contribution in [2.45, 2.75) is 23.3 Å². The van der Waals surface area contributed by atoms with Gasteiger partial charge < -0.3 is 14.5 Å². The van der Waals surface area contributed by atoms with E-state index in [-0.39, 0.29) is 21.3 Å². The van der Waals surface area contributed by atoms with Gasteiger partial charge in [0.1, 0.15) is 27.7 Å². The van der Waals surface area contributed by atoms with E-state index in [2.05, 4.69) is 15.0 Å². The number of nitrogens with one attached hydrogen (secondary N) is 1. The Balaban J connectivity index is 1.41. The molecule has 3 aromatic heterocycles. The number of aryl methyl sites for hydroxylation is 1. The summed E-state index contributed by atoms with van der Waals surface area (Å²) in [7, 11) is -0.951. The number of amides is 1. The highest BCUT2D eigenvalue weighted by atomic mass is 32.2. The summed E-state index contributed by atoms with van der Waals surface area (Å²) in [6.07, 6.45) is 3.43. The first-order valence-corrected chi connectivity index (χ1v) is 14.4. The highest BCUT2D eigenvalue weighted by Gasteiger charge is 2.30. The fraction of sp³-hybridized carbons (Fsp3) is 0.129. The van der Waals surface area contributed by atoms with Crippen LogP contribution in [0.2, 0.25) is 0 Å². The van der Waals surface area contributed by atoms with E-state index in [1.807, 2.05) is 17.6 Å². The van der Waals surface area contributed by atoms with E-state index in [0.717, 1.165) is 33.5 Å². The fourth-order valence-corrected chi connectivity index (χ4v) is 6.63. The first-order valence-electron chi connectivity index (χ1n) is 12.9. The second-order valence-electron chi connectivity index (χ2n) is 10.1. The van der Waals surface area contributed by atoms with Crippen LogP contribution in [0.1, 0.15) is 21.9 Å². The number of nitrogens with zero attached hydrogens (tertiary/aromatic N) is 4. The van der Waals surface area contributed by atoms with Gasteiger partial charge >= 0.3 is 0 Å². The Labute approximate surface area is 236 Å². The minimum atomic E-state index is -4.09. The Hall–Kier alpha value is -4.83. The number of carbonyl (C=O) groups is 1. The Bertz CT molecular complexity index is 2040. The van der Waals surface area contributed by atoms with Gasteiger partial charge in [0, 0.05) is 37.7 Å². The van der Waals surface area contributed by atoms with Gasteiger partial charge in [0.05, 0.1) is 16.6 Å². The molecule has 0 aliphatic carbocycles. The zero-order chi connectivity index (χ0) is 28.9. The number of fused-ring (bicyclic) bond motifs is 2. The molecule has 0 fully saturated rings. The van der Waals surface area contributed by atoms with Gasteiger partial charge in [-0.1, -0.05) is 36.4 Å². The molecule has 0 aliphatic heterocycles. The number of benzene rings is 3. The normalized spacial score (nSPS) is 11.8. The van der Waals surface area contributed by atoms with Gasteiger partial charge in [-0.05, 0) is 60.0 Å². The third-order valence-electron chi connectivity index (χ3n) is 7.13. The second kappa shape index (κ2) is 9.97. The van der Waals surface area contributed by atoms with E-state index in [0.29, 0.717) is 17.4 Å². The molecular weight excluding hydrogens is 541 g/mol. The van der Waals surface area contributed by atoms with Crippen LogP contribution in [-0.4, -0.2) is 52.8 Å². The molecule has 1 amide bonds. The van der Waals surface area contributed by atoms with E-state index in [1.54, 1.807) is 81.1 Å². The molecule has 0 saturated heterocycles. The fourth-order valence-electron chi connectivity index (χ4n) is 5.02. The molecule has 10 heteroatoms. The molecular formula is C31H26FN5O3S. The molecule has 0 bridgehead atoms. The zero-order valence-electron chi connectivity index (χ0n) is 22.6. The molecule has 206 valence electrons. The second-order valence-corrected chi connectivity index (χ2v) is 11.9. The Morgan fingerprint density at radius 1 is 0.976 bits per heavy atom. The Morgan fingerprint density at radius 3 is 2.39 bits per heavy atom. The number of sulfone groups is 1. The summed E-state index contributed by atoms with van der Waals surface area (Å²) in [5.74, 6) is 0.0193. The van der Waals surface area contributed by atoms with Crippen LogP contribution in [0.25, 0.3) is 33.1 Å². The van der Waals surface area contributed by atoms with Crippen molar-refractivity contribution in [3.63, 3.8) is 0 Å². The average molecular weight is 568 g/mol. The monoisotopic (exact) mass is 567 g/mol. The smallest absolute Gasteiger partial charge is 0.271 e. The van der Waals surface area contributed by atoms with Crippen LogP contribution < -0.4 is 0 Å². The SMILES string of the molecule is Cc1nc2cnccc2n1Cc1ccc(S(=O)(=O)c2c(C(=O)N(C)C)[nH]c3cc(-c4ccc(F)cc4)ccc23)cc1. The predicted octanol–water partition coefficient (Wildman–Crippen LogP) is 5.61. The number of aromatic amines is 1. The highest BCUT2D eigenvalue weighted by molar-refractivity contribution is 7.91. The predicted molar refractivity (Wildman–Crippen MR) is 155 cm³/mol. The topological polar surface area (TPSA) is 101 Å². The van der Waals surface area contributed by atoms with Crippen molar-refractivity contribution in [2.75, 3.05) is 14.1 Å². The third kappa shape index (κ3) is 4.66. The number of rotatable bonds is 6.